The summed E-state index contributed by atoms with van der Waals surface area (Å²) < 4.78 is 28.9. The Balaban J connectivity index is 1.47. The molecule has 0 aliphatic rings. The molecule has 0 aliphatic carbocycles. The van der Waals surface area contributed by atoms with E-state index in [-0.39, 0.29) is 24.4 Å². The Hall–Kier alpha value is -3.46. The van der Waals surface area contributed by atoms with Crippen LogP contribution in [0.25, 0.3) is 10.6 Å². The number of nitrogens with zero attached hydrogens (tertiary/aromatic N) is 4. The smallest absolute Gasteiger partial charge is 0.231 e. The maximum atomic E-state index is 14.0. The SMILES string of the molecule is Cc1cnn(Cc2cc(F)ccc2F)c1NC(=O)Cc1csc(-c2cccnc2)n1. The quantitative estimate of drug-likeness (QED) is 0.502. The van der Waals surface area contributed by atoms with Gasteiger partial charge in [-0.1, -0.05) is 0 Å². The van der Waals surface area contributed by atoms with Crippen LogP contribution in [0, 0.1) is 18.6 Å². The minimum atomic E-state index is -0.535. The van der Waals surface area contributed by atoms with Crippen molar-refractivity contribution in [3.8, 4) is 10.6 Å². The minimum absolute atomic E-state index is 0.00506. The predicted octanol–water partition coefficient (Wildman–Crippen LogP) is 4.22. The summed E-state index contributed by atoms with van der Waals surface area (Å²) >= 11 is 1.44. The second-order valence-corrected chi connectivity index (χ2v) is 7.54. The van der Waals surface area contributed by atoms with E-state index in [1.807, 2.05) is 17.5 Å². The molecular weight excluding hydrogens is 408 g/mol. The molecule has 0 aliphatic heterocycles. The fraction of sp³-hybridized carbons (Fsp3) is 0.143. The van der Waals surface area contributed by atoms with Crippen LogP contribution >= 0.6 is 11.3 Å². The molecule has 4 aromatic rings. The summed E-state index contributed by atoms with van der Waals surface area (Å²) in [6, 6.07) is 6.98. The number of pyridine rings is 1. The lowest BCUT2D eigenvalue weighted by atomic mass is 10.2. The average Bonchev–Trinajstić information content (AvgIpc) is 3.33. The molecule has 30 heavy (non-hydrogen) atoms. The molecule has 0 fully saturated rings. The van der Waals surface area contributed by atoms with Crippen molar-refractivity contribution in [1.29, 1.82) is 0 Å². The molecule has 1 aromatic carbocycles. The lowest BCUT2D eigenvalue weighted by molar-refractivity contribution is -0.115. The van der Waals surface area contributed by atoms with E-state index < -0.39 is 11.6 Å². The first-order chi connectivity index (χ1) is 14.5. The number of halogens is 2. The van der Waals surface area contributed by atoms with Gasteiger partial charge in [0.15, 0.2) is 0 Å². The van der Waals surface area contributed by atoms with Crippen molar-refractivity contribution in [2.45, 2.75) is 19.9 Å². The zero-order valence-corrected chi connectivity index (χ0v) is 16.8. The molecule has 0 unspecified atom stereocenters. The Morgan fingerprint density at radius 2 is 2.10 bits per heavy atom. The van der Waals surface area contributed by atoms with Crippen molar-refractivity contribution in [2.24, 2.45) is 0 Å². The van der Waals surface area contributed by atoms with E-state index >= 15 is 0 Å². The molecule has 1 amide bonds. The van der Waals surface area contributed by atoms with Gasteiger partial charge in [0, 0.05) is 34.5 Å². The number of hydrogen-bond acceptors (Lipinski definition) is 5. The summed E-state index contributed by atoms with van der Waals surface area (Å²) in [5.74, 6) is -0.907. The van der Waals surface area contributed by atoms with Gasteiger partial charge in [0.25, 0.3) is 0 Å². The van der Waals surface area contributed by atoms with Crippen LogP contribution in [0.3, 0.4) is 0 Å². The number of carbonyl (C=O) groups excluding carboxylic acids is 1. The van der Waals surface area contributed by atoms with Gasteiger partial charge in [-0.3, -0.25) is 9.78 Å². The lowest BCUT2D eigenvalue weighted by Crippen LogP contribution is -2.19. The number of hydrogen-bond donors (Lipinski definition) is 1. The van der Waals surface area contributed by atoms with Crippen molar-refractivity contribution in [2.75, 3.05) is 5.32 Å². The number of carbonyl (C=O) groups is 1. The third kappa shape index (κ3) is 4.41. The number of benzene rings is 1. The van der Waals surface area contributed by atoms with Crippen molar-refractivity contribution in [3.05, 3.63) is 82.8 Å². The van der Waals surface area contributed by atoms with Gasteiger partial charge in [-0.05, 0) is 37.3 Å². The van der Waals surface area contributed by atoms with E-state index in [2.05, 4.69) is 20.4 Å². The largest absolute Gasteiger partial charge is 0.310 e. The Morgan fingerprint density at radius 3 is 2.90 bits per heavy atom. The van der Waals surface area contributed by atoms with Crippen LogP contribution in [0.5, 0.6) is 0 Å². The molecular formula is C21H17F2N5OS. The molecule has 0 spiro atoms. The van der Waals surface area contributed by atoms with Crippen LogP contribution in [-0.4, -0.2) is 25.7 Å². The molecule has 4 rings (SSSR count). The summed E-state index contributed by atoms with van der Waals surface area (Å²) in [5, 5.41) is 9.60. The number of anilines is 1. The first kappa shape index (κ1) is 19.8. The first-order valence-corrected chi connectivity index (χ1v) is 9.98. The normalized spacial score (nSPS) is 10.9. The number of thiazole rings is 1. The number of aryl methyl sites for hydroxylation is 1. The number of rotatable bonds is 6. The molecule has 3 heterocycles. The fourth-order valence-electron chi connectivity index (χ4n) is 2.94. The minimum Gasteiger partial charge on any atom is -0.310 e. The maximum absolute atomic E-state index is 14.0. The highest BCUT2D eigenvalue weighted by atomic mass is 32.1. The van der Waals surface area contributed by atoms with E-state index in [0.29, 0.717) is 11.5 Å². The Morgan fingerprint density at radius 1 is 1.23 bits per heavy atom. The van der Waals surface area contributed by atoms with Gasteiger partial charge in [-0.25, -0.2) is 18.4 Å². The maximum Gasteiger partial charge on any atom is 0.231 e. The molecule has 3 aromatic heterocycles. The molecule has 0 saturated heterocycles. The van der Waals surface area contributed by atoms with Gasteiger partial charge in [0.2, 0.25) is 5.91 Å². The third-order valence-corrected chi connectivity index (χ3v) is 5.35. The zero-order chi connectivity index (χ0) is 21.1. The Labute approximate surface area is 175 Å². The van der Waals surface area contributed by atoms with Gasteiger partial charge in [-0.2, -0.15) is 5.10 Å². The average molecular weight is 425 g/mol. The number of amides is 1. The monoisotopic (exact) mass is 425 g/mol. The molecule has 152 valence electrons. The second kappa shape index (κ2) is 8.50. The van der Waals surface area contributed by atoms with Crippen LogP contribution in [0.2, 0.25) is 0 Å². The van der Waals surface area contributed by atoms with Crippen LogP contribution in [0.4, 0.5) is 14.6 Å². The summed E-state index contributed by atoms with van der Waals surface area (Å²) in [5.41, 5.74) is 2.39. The van der Waals surface area contributed by atoms with Crippen LogP contribution in [0.1, 0.15) is 16.8 Å². The summed E-state index contributed by atoms with van der Waals surface area (Å²) in [6.07, 6.45) is 5.05. The highest BCUT2D eigenvalue weighted by Gasteiger charge is 2.15. The molecule has 1 N–H and O–H groups in total. The van der Waals surface area contributed by atoms with Crippen LogP contribution in [-0.2, 0) is 17.8 Å². The molecule has 0 radical (unpaired) electrons. The number of nitrogens with one attached hydrogen (secondary N) is 1. The van der Waals surface area contributed by atoms with E-state index in [0.717, 1.165) is 34.3 Å². The highest BCUT2D eigenvalue weighted by Crippen LogP contribution is 2.23. The summed E-state index contributed by atoms with van der Waals surface area (Å²) in [7, 11) is 0. The van der Waals surface area contributed by atoms with Gasteiger partial charge in [0.05, 0.1) is 24.9 Å². The predicted molar refractivity (Wildman–Crippen MR) is 110 cm³/mol. The summed E-state index contributed by atoms with van der Waals surface area (Å²) in [6.45, 7) is 1.78. The Kier molecular flexibility index (Phi) is 5.62. The molecule has 0 saturated carbocycles. The first-order valence-electron chi connectivity index (χ1n) is 9.10. The van der Waals surface area contributed by atoms with Gasteiger partial charge < -0.3 is 5.32 Å². The summed E-state index contributed by atoms with van der Waals surface area (Å²) in [4.78, 5) is 21.1. The Bertz CT molecular complexity index is 1190. The highest BCUT2D eigenvalue weighted by molar-refractivity contribution is 7.13. The lowest BCUT2D eigenvalue weighted by Gasteiger charge is -2.11. The van der Waals surface area contributed by atoms with E-state index in [4.69, 9.17) is 0 Å². The van der Waals surface area contributed by atoms with Crippen LogP contribution < -0.4 is 5.32 Å². The van der Waals surface area contributed by atoms with E-state index in [9.17, 15) is 13.6 Å². The topological polar surface area (TPSA) is 72.7 Å². The van der Waals surface area contributed by atoms with Crippen molar-refractivity contribution < 1.29 is 13.6 Å². The van der Waals surface area contributed by atoms with E-state index in [1.165, 1.54) is 16.0 Å². The third-order valence-electron chi connectivity index (χ3n) is 4.41. The molecule has 0 bridgehead atoms. The zero-order valence-electron chi connectivity index (χ0n) is 16.0. The molecule has 9 heteroatoms. The number of aromatic nitrogens is 4. The fourth-order valence-corrected chi connectivity index (χ4v) is 3.75. The van der Waals surface area contributed by atoms with Crippen molar-refractivity contribution in [1.82, 2.24) is 19.7 Å². The van der Waals surface area contributed by atoms with Crippen molar-refractivity contribution in [3.63, 3.8) is 0 Å². The standard InChI is InChI=1S/C21H17F2N5OS/c1-13-9-25-28(11-15-7-16(22)4-5-18(15)23)20(13)27-19(29)8-17-12-30-21(26-17)14-3-2-6-24-10-14/h2-7,9-10,12H,8,11H2,1H3,(H,27,29). The second-order valence-electron chi connectivity index (χ2n) is 6.68. The van der Waals surface area contributed by atoms with Crippen LogP contribution in [0.15, 0.2) is 54.3 Å². The van der Waals surface area contributed by atoms with Gasteiger partial charge in [0.1, 0.15) is 22.5 Å². The van der Waals surface area contributed by atoms with Gasteiger partial charge >= 0.3 is 0 Å². The molecule has 6 nitrogen and oxygen atoms in total. The van der Waals surface area contributed by atoms with Crippen molar-refractivity contribution >= 4 is 23.1 Å². The molecule has 0 atom stereocenters. The van der Waals surface area contributed by atoms with Gasteiger partial charge in [-0.15, -0.1) is 11.3 Å². The van der Waals surface area contributed by atoms with E-state index in [1.54, 1.807) is 25.5 Å².